The van der Waals surface area contributed by atoms with Gasteiger partial charge in [0.2, 0.25) is 5.91 Å². The predicted octanol–water partition coefficient (Wildman–Crippen LogP) is 2.50. The fraction of sp³-hybridized carbons (Fsp3) is 0.364. The number of hydrogen-bond donors (Lipinski definition) is 1. The lowest BCUT2D eigenvalue weighted by molar-refractivity contribution is -0.384. The standard InChI is InChI=1S/C11H14N2O3/c1-7(2)11(14)12-10-6-9(13(15)16)5-4-8(10)3/h4-7H,1-3H3,(H,12,14). The molecule has 5 heteroatoms. The van der Waals surface area contributed by atoms with Gasteiger partial charge in [-0.3, -0.25) is 14.9 Å². The van der Waals surface area contributed by atoms with Crippen LogP contribution in [0.2, 0.25) is 0 Å². The highest BCUT2D eigenvalue weighted by Crippen LogP contribution is 2.22. The lowest BCUT2D eigenvalue weighted by Gasteiger charge is -2.09. The number of nitro benzene ring substituents is 1. The maximum Gasteiger partial charge on any atom is 0.271 e. The van der Waals surface area contributed by atoms with Crippen LogP contribution in [0.5, 0.6) is 0 Å². The van der Waals surface area contributed by atoms with Gasteiger partial charge < -0.3 is 5.32 Å². The summed E-state index contributed by atoms with van der Waals surface area (Å²) < 4.78 is 0. The van der Waals surface area contributed by atoms with Gasteiger partial charge in [0, 0.05) is 18.1 Å². The van der Waals surface area contributed by atoms with E-state index in [4.69, 9.17) is 0 Å². The number of nitro groups is 1. The average molecular weight is 222 g/mol. The van der Waals surface area contributed by atoms with Crippen LogP contribution in [0, 0.1) is 23.0 Å². The Hall–Kier alpha value is -1.91. The van der Waals surface area contributed by atoms with E-state index in [9.17, 15) is 14.9 Å². The van der Waals surface area contributed by atoms with E-state index in [0.717, 1.165) is 5.56 Å². The van der Waals surface area contributed by atoms with Crippen LogP contribution in [0.15, 0.2) is 18.2 Å². The topological polar surface area (TPSA) is 72.2 Å². The van der Waals surface area contributed by atoms with Crippen molar-refractivity contribution in [2.75, 3.05) is 5.32 Å². The number of rotatable bonds is 3. The molecule has 0 bridgehead atoms. The SMILES string of the molecule is Cc1ccc([N+](=O)[O-])cc1NC(=O)C(C)C. The Morgan fingerprint density at radius 3 is 2.56 bits per heavy atom. The van der Waals surface area contributed by atoms with Crippen molar-refractivity contribution in [3.8, 4) is 0 Å². The fourth-order valence-electron chi connectivity index (χ4n) is 1.14. The lowest BCUT2D eigenvalue weighted by atomic mass is 10.1. The van der Waals surface area contributed by atoms with Gasteiger partial charge in [-0.15, -0.1) is 0 Å². The van der Waals surface area contributed by atoms with Gasteiger partial charge in [-0.1, -0.05) is 19.9 Å². The molecule has 0 aliphatic carbocycles. The zero-order chi connectivity index (χ0) is 12.3. The quantitative estimate of drug-likeness (QED) is 0.630. The molecule has 1 N–H and O–H groups in total. The molecule has 1 aromatic rings. The molecule has 5 nitrogen and oxygen atoms in total. The summed E-state index contributed by atoms with van der Waals surface area (Å²) >= 11 is 0. The monoisotopic (exact) mass is 222 g/mol. The summed E-state index contributed by atoms with van der Waals surface area (Å²) in [6, 6.07) is 4.41. The molecule has 0 fully saturated rings. The highest BCUT2D eigenvalue weighted by atomic mass is 16.6. The van der Waals surface area contributed by atoms with Crippen LogP contribution in [-0.4, -0.2) is 10.8 Å². The van der Waals surface area contributed by atoms with Crippen molar-refractivity contribution < 1.29 is 9.72 Å². The second kappa shape index (κ2) is 4.74. The number of anilines is 1. The maximum absolute atomic E-state index is 11.5. The first-order valence-corrected chi connectivity index (χ1v) is 4.97. The smallest absolute Gasteiger partial charge is 0.271 e. The number of nitrogens with zero attached hydrogens (tertiary/aromatic N) is 1. The van der Waals surface area contributed by atoms with Crippen LogP contribution in [-0.2, 0) is 4.79 Å². The number of carbonyl (C=O) groups is 1. The molecule has 0 aliphatic heterocycles. The highest BCUT2D eigenvalue weighted by Gasteiger charge is 2.12. The Bertz CT molecular complexity index is 427. The van der Waals surface area contributed by atoms with Crippen molar-refractivity contribution in [3.63, 3.8) is 0 Å². The number of non-ortho nitro benzene ring substituents is 1. The molecule has 0 unspecified atom stereocenters. The van der Waals surface area contributed by atoms with E-state index in [1.54, 1.807) is 26.8 Å². The second-order valence-corrected chi connectivity index (χ2v) is 3.90. The normalized spacial score (nSPS) is 10.2. The summed E-state index contributed by atoms with van der Waals surface area (Å²) in [5.41, 5.74) is 1.28. The van der Waals surface area contributed by atoms with Crippen molar-refractivity contribution >= 4 is 17.3 Å². The summed E-state index contributed by atoms with van der Waals surface area (Å²) in [5, 5.41) is 13.2. The van der Waals surface area contributed by atoms with Gasteiger partial charge in [-0.05, 0) is 12.5 Å². The Labute approximate surface area is 93.6 Å². The molecule has 1 amide bonds. The van der Waals surface area contributed by atoms with E-state index in [-0.39, 0.29) is 17.5 Å². The number of benzene rings is 1. The molecular formula is C11H14N2O3. The van der Waals surface area contributed by atoms with Crippen LogP contribution in [0.25, 0.3) is 0 Å². The molecule has 0 atom stereocenters. The fourth-order valence-corrected chi connectivity index (χ4v) is 1.14. The molecular weight excluding hydrogens is 208 g/mol. The molecule has 0 aliphatic rings. The third-order valence-corrected chi connectivity index (χ3v) is 2.21. The zero-order valence-electron chi connectivity index (χ0n) is 9.48. The van der Waals surface area contributed by atoms with Gasteiger partial charge in [-0.25, -0.2) is 0 Å². The third-order valence-electron chi connectivity index (χ3n) is 2.21. The molecule has 0 radical (unpaired) electrons. The summed E-state index contributed by atoms with van der Waals surface area (Å²) in [4.78, 5) is 21.6. The lowest BCUT2D eigenvalue weighted by Crippen LogP contribution is -2.18. The van der Waals surface area contributed by atoms with Gasteiger partial charge in [-0.2, -0.15) is 0 Å². The average Bonchev–Trinajstić information content (AvgIpc) is 2.20. The van der Waals surface area contributed by atoms with E-state index >= 15 is 0 Å². The first kappa shape index (κ1) is 12.2. The number of amides is 1. The molecule has 0 aromatic heterocycles. The van der Waals surface area contributed by atoms with E-state index < -0.39 is 4.92 Å². The Kier molecular flexibility index (Phi) is 3.60. The van der Waals surface area contributed by atoms with Gasteiger partial charge in [0.05, 0.1) is 10.6 Å². The van der Waals surface area contributed by atoms with Crippen LogP contribution in [0.3, 0.4) is 0 Å². The maximum atomic E-state index is 11.5. The van der Waals surface area contributed by atoms with Crippen LogP contribution in [0.1, 0.15) is 19.4 Å². The summed E-state index contributed by atoms with van der Waals surface area (Å²) in [6.07, 6.45) is 0. The molecule has 0 saturated carbocycles. The minimum absolute atomic E-state index is 0.0235. The Balaban J connectivity index is 2.99. The Morgan fingerprint density at radius 1 is 1.44 bits per heavy atom. The van der Waals surface area contributed by atoms with E-state index in [2.05, 4.69) is 5.32 Å². The van der Waals surface area contributed by atoms with Crippen molar-refractivity contribution in [2.24, 2.45) is 5.92 Å². The van der Waals surface area contributed by atoms with Crippen molar-refractivity contribution in [1.82, 2.24) is 0 Å². The molecule has 0 saturated heterocycles. The molecule has 16 heavy (non-hydrogen) atoms. The molecule has 1 rings (SSSR count). The van der Waals surface area contributed by atoms with Gasteiger partial charge in [0.15, 0.2) is 0 Å². The minimum atomic E-state index is -0.482. The Morgan fingerprint density at radius 2 is 2.06 bits per heavy atom. The number of hydrogen-bond acceptors (Lipinski definition) is 3. The van der Waals surface area contributed by atoms with Crippen molar-refractivity contribution in [2.45, 2.75) is 20.8 Å². The number of nitrogens with one attached hydrogen (secondary N) is 1. The van der Waals surface area contributed by atoms with Gasteiger partial charge >= 0.3 is 0 Å². The van der Waals surface area contributed by atoms with E-state index in [1.165, 1.54) is 12.1 Å². The summed E-state index contributed by atoms with van der Waals surface area (Å²) in [6.45, 7) is 5.32. The molecule has 0 spiro atoms. The van der Waals surface area contributed by atoms with Gasteiger partial charge in [0.25, 0.3) is 5.69 Å². The zero-order valence-corrected chi connectivity index (χ0v) is 9.48. The highest BCUT2D eigenvalue weighted by molar-refractivity contribution is 5.93. The van der Waals surface area contributed by atoms with Crippen molar-refractivity contribution in [3.05, 3.63) is 33.9 Å². The molecule has 0 heterocycles. The minimum Gasteiger partial charge on any atom is -0.325 e. The largest absolute Gasteiger partial charge is 0.325 e. The number of carbonyl (C=O) groups excluding carboxylic acids is 1. The van der Waals surface area contributed by atoms with Crippen LogP contribution >= 0.6 is 0 Å². The first-order chi connectivity index (χ1) is 7.41. The third kappa shape index (κ3) is 2.79. The van der Waals surface area contributed by atoms with Crippen LogP contribution < -0.4 is 5.32 Å². The predicted molar refractivity (Wildman–Crippen MR) is 61.3 cm³/mol. The molecule has 1 aromatic carbocycles. The van der Waals surface area contributed by atoms with Gasteiger partial charge in [0.1, 0.15) is 0 Å². The molecule has 86 valence electrons. The van der Waals surface area contributed by atoms with E-state index in [0.29, 0.717) is 5.69 Å². The van der Waals surface area contributed by atoms with Crippen LogP contribution in [0.4, 0.5) is 11.4 Å². The summed E-state index contributed by atoms with van der Waals surface area (Å²) in [7, 11) is 0. The summed E-state index contributed by atoms with van der Waals surface area (Å²) in [5.74, 6) is -0.303. The first-order valence-electron chi connectivity index (χ1n) is 4.97. The van der Waals surface area contributed by atoms with E-state index in [1.807, 2.05) is 0 Å². The number of aryl methyl sites for hydroxylation is 1. The van der Waals surface area contributed by atoms with Crippen molar-refractivity contribution in [1.29, 1.82) is 0 Å². The second-order valence-electron chi connectivity index (χ2n) is 3.90.